The highest BCUT2D eigenvalue weighted by Gasteiger charge is 2.76. The lowest BCUT2D eigenvalue weighted by Crippen LogP contribution is -2.75. The summed E-state index contributed by atoms with van der Waals surface area (Å²) in [4.78, 5) is 28.7. The Balaban J connectivity index is 1.73. The minimum atomic E-state index is -0.817. The van der Waals surface area contributed by atoms with E-state index in [0.717, 1.165) is 18.5 Å². The van der Waals surface area contributed by atoms with Gasteiger partial charge in [-0.05, 0) is 25.0 Å². The van der Waals surface area contributed by atoms with E-state index < -0.39 is 9.74 Å². The van der Waals surface area contributed by atoms with Crippen molar-refractivity contribution in [1.82, 2.24) is 9.80 Å². The van der Waals surface area contributed by atoms with Crippen molar-refractivity contribution in [2.24, 2.45) is 0 Å². The molecule has 1 aromatic rings. The van der Waals surface area contributed by atoms with Gasteiger partial charge in [-0.25, -0.2) is 0 Å². The predicted molar refractivity (Wildman–Crippen MR) is 101 cm³/mol. The lowest BCUT2D eigenvalue weighted by atomic mass is 9.74. The van der Waals surface area contributed by atoms with E-state index in [1.807, 2.05) is 17.9 Å². The number of likely N-dealkylation sites (N-methyl/N-ethyl adjacent to an activating group) is 1. The molecule has 25 heavy (non-hydrogen) atoms. The molecule has 4 saturated heterocycles. The third kappa shape index (κ3) is 1.56. The van der Waals surface area contributed by atoms with Gasteiger partial charge in [0.1, 0.15) is 6.17 Å². The van der Waals surface area contributed by atoms with E-state index in [4.69, 9.17) is 0 Å². The van der Waals surface area contributed by atoms with E-state index in [1.54, 1.807) is 33.5 Å². The van der Waals surface area contributed by atoms with Gasteiger partial charge in [0.2, 0.25) is 0 Å². The van der Waals surface area contributed by atoms with Crippen LogP contribution in [0.3, 0.4) is 0 Å². The fourth-order valence-corrected chi connectivity index (χ4v) is 8.68. The van der Waals surface area contributed by atoms with Gasteiger partial charge < -0.3 is 10.2 Å². The fraction of sp³-hybridized carbons (Fsp3) is 0.556. The number of rotatable bonds is 2. The molecule has 5 aliphatic rings. The first-order valence-corrected chi connectivity index (χ1v) is 10.9. The average Bonchev–Trinajstić information content (AvgIpc) is 3.05. The number of para-hydroxylation sites is 1. The van der Waals surface area contributed by atoms with Crippen LogP contribution >= 0.6 is 21.6 Å². The van der Waals surface area contributed by atoms with Crippen molar-refractivity contribution >= 4 is 39.1 Å². The molecule has 4 fully saturated rings. The Hall–Kier alpha value is -1.34. The minimum Gasteiger partial charge on any atom is -0.364 e. The summed E-state index contributed by atoms with van der Waals surface area (Å²) in [5.74, 6) is 0.129. The summed E-state index contributed by atoms with van der Waals surface area (Å²) in [6.45, 7) is 4.05. The quantitative estimate of drug-likeness (QED) is 0.806. The van der Waals surface area contributed by atoms with Crippen molar-refractivity contribution in [2.75, 3.05) is 12.4 Å². The number of hydrogen-bond donors (Lipinski definition) is 1. The van der Waals surface area contributed by atoms with Crippen molar-refractivity contribution in [3.8, 4) is 0 Å². The number of anilines is 1. The molecule has 2 bridgehead atoms. The molecule has 0 unspecified atom stereocenters. The van der Waals surface area contributed by atoms with Crippen molar-refractivity contribution in [1.29, 1.82) is 0 Å². The topological polar surface area (TPSA) is 52.7 Å². The molecular formula is C18H21N3O2S2. The highest BCUT2D eigenvalue weighted by atomic mass is 33.1. The molecular weight excluding hydrogens is 354 g/mol. The fourth-order valence-electron chi connectivity index (χ4n) is 5.14. The van der Waals surface area contributed by atoms with Gasteiger partial charge in [-0.3, -0.25) is 14.5 Å². The number of nitrogens with zero attached hydrogens (tertiary/aromatic N) is 2. The lowest BCUT2D eigenvalue weighted by molar-refractivity contribution is -0.163. The highest BCUT2D eigenvalue weighted by molar-refractivity contribution is 8.78. The van der Waals surface area contributed by atoms with Crippen molar-refractivity contribution < 1.29 is 9.59 Å². The summed E-state index contributed by atoms with van der Waals surface area (Å²) in [6.07, 6.45) is 2.53. The molecule has 0 radical (unpaired) electrons. The highest BCUT2D eigenvalue weighted by Crippen LogP contribution is 2.69. The van der Waals surface area contributed by atoms with E-state index in [9.17, 15) is 9.59 Å². The van der Waals surface area contributed by atoms with Gasteiger partial charge in [0.25, 0.3) is 11.8 Å². The Kier molecular flexibility index (Phi) is 2.97. The monoisotopic (exact) mass is 375 g/mol. The summed E-state index contributed by atoms with van der Waals surface area (Å²) in [5.41, 5.74) is 2.17. The Morgan fingerprint density at radius 2 is 2.00 bits per heavy atom. The molecule has 2 amide bonds. The Labute approximate surface area is 155 Å². The lowest BCUT2D eigenvalue weighted by Gasteiger charge is -2.57. The number of nitrogens with one attached hydrogen (secondary N) is 1. The maximum Gasteiger partial charge on any atom is 0.262 e. The molecule has 4 atom stereocenters. The number of amides is 2. The summed E-state index contributed by atoms with van der Waals surface area (Å²) >= 11 is 0. The zero-order valence-corrected chi connectivity index (χ0v) is 16.2. The van der Waals surface area contributed by atoms with Gasteiger partial charge >= 0.3 is 0 Å². The Morgan fingerprint density at radius 3 is 2.76 bits per heavy atom. The Morgan fingerprint density at radius 1 is 1.24 bits per heavy atom. The first kappa shape index (κ1) is 15.9. The summed E-state index contributed by atoms with van der Waals surface area (Å²) < 4.78 is 0. The molecule has 6 rings (SSSR count). The molecule has 7 heteroatoms. The second-order valence-electron chi connectivity index (χ2n) is 7.65. The minimum absolute atomic E-state index is 0.0571. The number of fused-ring (bicyclic) bond motifs is 5. The van der Waals surface area contributed by atoms with Crippen molar-refractivity contribution in [2.45, 2.75) is 54.4 Å². The second-order valence-corrected chi connectivity index (χ2v) is 10.5. The van der Waals surface area contributed by atoms with E-state index >= 15 is 0 Å². The van der Waals surface area contributed by atoms with Crippen LogP contribution in [0.2, 0.25) is 0 Å². The normalized spacial score (nSPS) is 40.8. The zero-order chi connectivity index (χ0) is 17.6. The molecule has 0 aromatic heterocycles. The smallest absolute Gasteiger partial charge is 0.262 e. The number of piperazine rings is 1. The van der Waals surface area contributed by atoms with Crippen LogP contribution in [0, 0.1) is 0 Å². The molecule has 1 aromatic carbocycles. The number of hydrogen-bond acceptors (Lipinski definition) is 5. The first-order valence-electron chi connectivity index (χ1n) is 8.76. The largest absolute Gasteiger partial charge is 0.364 e. The van der Waals surface area contributed by atoms with Crippen LogP contribution in [-0.2, 0) is 15.0 Å². The molecule has 5 aliphatic heterocycles. The van der Waals surface area contributed by atoms with Crippen LogP contribution in [-0.4, -0.2) is 44.6 Å². The third-order valence-electron chi connectivity index (χ3n) is 6.41. The molecule has 5 heterocycles. The van der Waals surface area contributed by atoms with Crippen molar-refractivity contribution in [3.05, 3.63) is 29.8 Å². The van der Waals surface area contributed by atoms with Gasteiger partial charge in [0.05, 0.1) is 0 Å². The van der Waals surface area contributed by atoms with Crippen LogP contribution < -0.4 is 5.32 Å². The Bertz CT molecular complexity index is 817. The van der Waals surface area contributed by atoms with Crippen LogP contribution in [0.15, 0.2) is 24.3 Å². The number of benzene rings is 1. The van der Waals surface area contributed by atoms with Gasteiger partial charge in [-0.1, -0.05) is 53.1 Å². The van der Waals surface area contributed by atoms with Crippen LogP contribution in [0.5, 0.6) is 0 Å². The van der Waals surface area contributed by atoms with Crippen LogP contribution in [0.25, 0.3) is 0 Å². The summed E-state index contributed by atoms with van der Waals surface area (Å²) in [5, 5.41) is 3.60. The molecule has 1 N–H and O–H groups in total. The van der Waals surface area contributed by atoms with Crippen LogP contribution in [0.1, 0.15) is 38.7 Å². The van der Waals surface area contributed by atoms with E-state index in [-0.39, 0.29) is 23.4 Å². The SMILES string of the molecule is CCC[C@]12C[C@]34SS[C@](C)(C(=O)N3[C@H]1Nc1ccccc12)N(C)C4=O. The number of carbonyl (C=O) groups is 2. The summed E-state index contributed by atoms with van der Waals surface area (Å²) in [7, 11) is 4.91. The van der Waals surface area contributed by atoms with E-state index in [1.165, 1.54) is 5.56 Å². The second kappa shape index (κ2) is 4.68. The third-order valence-corrected chi connectivity index (χ3v) is 10.1. The van der Waals surface area contributed by atoms with Crippen LogP contribution in [0.4, 0.5) is 5.69 Å². The first-order chi connectivity index (χ1) is 11.9. The average molecular weight is 376 g/mol. The number of carbonyl (C=O) groups excluding carboxylic acids is 2. The van der Waals surface area contributed by atoms with Gasteiger partial charge in [-0.2, -0.15) is 0 Å². The predicted octanol–water partition coefficient (Wildman–Crippen LogP) is 2.99. The molecule has 1 spiro atoms. The van der Waals surface area contributed by atoms with Gasteiger partial charge in [-0.15, -0.1) is 0 Å². The van der Waals surface area contributed by atoms with E-state index in [2.05, 4.69) is 30.4 Å². The van der Waals surface area contributed by atoms with Crippen molar-refractivity contribution in [3.63, 3.8) is 0 Å². The molecule has 0 saturated carbocycles. The molecule has 0 aliphatic carbocycles. The summed E-state index contributed by atoms with van der Waals surface area (Å²) in [6, 6.07) is 8.34. The molecule has 132 valence electrons. The van der Waals surface area contributed by atoms with E-state index in [0.29, 0.717) is 6.42 Å². The van der Waals surface area contributed by atoms with Gasteiger partial charge in [0, 0.05) is 24.6 Å². The standard InChI is InChI=1S/C18H21N3O2S2/c1-4-9-17-10-18-15(23)20(3)16(2,24-25-18)14(22)21(18)13(17)19-12-8-6-5-7-11(12)17/h5-8,13,19H,4,9-10H2,1-3H3/t13-,16-,17-,18-/m1/s1. The van der Waals surface area contributed by atoms with Gasteiger partial charge in [0.15, 0.2) is 9.74 Å². The maximum atomic E-state index is 13.4. The maximum absolute atomic E-state index is 13.4. The molecule has 5 nitrogen and oxygen atoms in total. The zero-order valence-electron chi connectivity index (χ0n) is 14.5.